The molecular weight excluding hydrogens is 150 g/mol. The van der Waals surface area contributed by atoms with Crippen LogP contribution in [0.15, 0.2) is 18.2 Å². The molecule has 0 aliphatic carbocycles. The van der Waals surface area contributed by atoms with Gasteiger partial charge in [0.2, 0.25) is 0 Å². The third kappa shape index (κ3) is 0.940. The van der Waals surface area contributed by atoms with Crippen LogP contribution in [0.25, 0.3) is 11.0 Å². The number of nitrogens with zero attached hydrogens (tertiary/aromatic N) is 1. The molecule has 1 aromatic heterocycles. The first-order chi connectivity index (χ1) is 5.68. The summed E-state index contributed by atoms with van der Waals surface area (Å²) in [6, 6.07) is 6.36. The van der Waals surface area contributed by atoms with Crippen LogP contribution in [0.3, 0.4) is 0 Å². The van der Waals surface area contributed by atoms with Gasteiger partial charge in [-0.15, -0.1) is 0 Å². The van der Waals surface area contributed by atoms with Crippen LogP contribution in [0.5, 0.6) is 0 Å². The van der Waals surface area contributed by atoms with Crippen LogP contribution in [0.4, 0.5) is 0 Å². The predicted octanol–water partition coefficient (Wildman–Crippen LogP) is 2.02. The van der Waals surface area contributed by atoms with Gasteiger partial charge in [0.15, 0.2) is 0 Å². The van der Waals surface area contributed by atoms with Crippen molar-refractivity contribution in [2.24, 2.45) is 12.8 Å². The zero-order valence-electron chi connectivity index (χ0n) is 7.33. The van der Waals surface area contributed by atoms with E-state index >= 15 is 0 Å². The van der Waals surface area contributed by atoms with E-state index in [0.29, 0.717) is 0 Å². The predicted molar refractivity (Wildman–Crippen MR) is 54.1 cm³/mol. The van der Waals surface area contributed by atoms with Crippen LogP contribution in [-0.4, -0.2) is 9.78 Å². The van der Waals surface area contributed by atoms with Crippen molar-refractivity contribution < 1.29 is 2.85 Å². The smallest absolute Gasteiger partial charge is 0.0821 e. The Labute approximate surface area is 74.1 Å². The van der Waals surface area contributed by atoms with E-state index in [1.807, 2.05) is 18.7 Å². The van der Waals surface area contributed by atoms with Crippen molar-refractivity contribution in [1.82, 2.24) is 9.78 Å². The molecule has 0 spiro atoms. The van der Waals surface area contributed by atoms with Gasteiger partial charge < -0.3 is 5.73 Å². The Morgan fingerprint density at radius 2 is 2.33 bits per heavy atom. The van der Waals surface area contributed by atoms with Crippen molar-refractivity contribution in [1.29, 1.82) is 0 Å². The van der Waals surface area contributed by atoms with Gasteiger partial charge in [0.25, 0.3) is 0 Å². The Morgan fingerprint density at radius 3 is 2.92 bits per heavy atom. The number of hydrogen-bond acceptors (Lipinski definition) is 1. The lowest BCUT2D eigenvalue weighted by Gasteiger charge is -2.14. The van der Waals surface area contributed by atoms with E-state index < -0.39 is 0 Å². The summed E-state index contributed by atoms with van der Waals surface area (Å²) in [5, 5.41) is 3.14. The lowest BCUT2D eigenvalue weighted by atomic mass is 10.1. The quantitative estimate of drug-likeness (QED) is 0.670. The highest BCUT2D eigenvalue weighted by Crippen LogP contribution is 2.18. The van der Waals surface area contributed by atoms with E-state index in [2.05, 4.69) is 23.3 Å². The van der Waals surface area contributed by atoms with Crippen molar-refractivity contribution in [3.63, 3.8) is 0 Å². The van der Waals surface area contributed by atoms with Crippen molar-refractivity contribution >= 4 is 11.0 Å². The number of aromatic amines is 1. The summed E-state index contributed by atoms with van der Waals surface area (Å²) in [5.41, 5.74) is 9.35. The highest BCUT2D eigenvalue weighted by Gasteiger charge is 2.04. The topological polar surface area (TPSA) is 46.7 Å². The molecule has 0 amide bonds. The molecule has 0 radical (unpaired) electrons. The van der Waals surface area contributed by atoms with E-state index in [1.54, 1.807) is 0 Å². The van der Waals surface area contributed by atoms with E-state index in [4.69, 9.17) is 5.73 Å². The fourth-order valence-electron chi connectivity index (χ4n) is 1.39. The molecule has 0 unspecified atom stereocenters. The van der Waals surface area contributed by atoms with Crippen molar-refractivity contribution in [2.45, 2.75) is 13.0 Å². The Morgan fingerprint density at radius 1 is 1.58 bits per heavy atom. The molecule has 0 fully saturated rings. The molecule has 1 atom stereocenters. The number of nitrogens with one attached hydrogen (secondary N) is 1. The van der Waals surface area contributed by atoms with Crippen LogP contribution in [-0.2, 0) is 7.05 Å². The first kappa shape index (κ1) is 7.43. The maximum atomic E-state index is 5.76. The molecule has 3 N–H and O–H groups in total. The maximum Gasteiger partial charge on any atom is 0.0821 e. The molecule has 0 aliphatic heterocycles. The van der Waals surface area contributed by atoms with Gasteiger partial charge in [-0.3, -0.25) is 9.78 Å². The molecule has 0 saturated carbocycles. The molecular formula is C9H17N3. The largest absolute Gasteiger partial charge is 0.324 e. The number of benzene rings is 1. The normalized spacial score (nSPS) is 13.9. The first-order valence-electron chi connectivity index (χ1n) is 4.08. The highest BCUT2D eigenvalue weighted by molar-refractivity contribution is 5.77. The van der Waals surface area contributed by atoms with Crippen molar-refractivity contribution in [3.05, 3.63) is 23.8 Å². The summed E-state index contributed by atoms with van der Waals surface area (Å²) in [5.74, 6) is 0. The van der Waals surface area contributed by atoms with E-state index in [-0.39, 0.29) is 8.90 Å². The lowest BCUT2D eigenvalue weighted by molar-refractivity contribution is 0.755. The third-order valence-electron chi connectivity index (χ3n) is 2.20. The van der Waals surface area contributed by atoms with Crippen LogP contribution < -0.4 is 5.73 Å². The molecule has 0 bridgehead atoms. The van der Waals surface area contributed by atoms with Gasteiger partial charge in [-0.05, 0) is 24.6 Å². The van der Waals surface area contributed by atoms with Crippen LogP contribution >= 0.6 is 0 Å². The zero-order valence-corrected chi connectivity index (χ0v) is 7.33. The highest BCUT2D eigenvalue weighted by atomic mass is 15.3. The van der Waals surface area contributed by atoms with Gasteiger partial charge >= 0.3 is 0 Å². The minimum absolute atomic E-state index is 0. The summed E-state index contributed by atoms with van der Waals surface area (Å²) in [7, 11) is 1.99. The Hall–Kier alpha value is -1.22. The average molecular weight is 167 g/mol. The second-order valence-corrected chi connectivity index (χ2v) is 3.24. The minimum atomic E-state index is 0. The molecule has 1 heterocycles. The number of H-pyrrole nitrogens is 1. The van der Waals surface area contributed by atoms with Gasteiger partial charge in [-0.1, -0.05) is 6.07 Å². The summed E-state index contributed by atoms with van der Waals surface area (Å²) in [4.78, 5) is 0. The lowest BCUT2D eigenvalue weighted by Crippen LogP contribution is -2.09. The Balaban J connectivity index is 0.000000845. The molecule has 3 heteroatoms. The molecule has 0 saturated heterocycles. The number of nitrogens with two attached hydrogens (primary N) is 1. The number of aryl methyl sites for hydroxylation is 1. The summed E-state index contributed by atoms with van der Waals surface area (Å²) >= 11 is 0. The molecule has 2 aromatic rings. The molecule has 0 aliphatic rings. The Bertz CT molecular complexity index is 403. The van der Waals surface area contributed by atoms with E-state index in [1.165, 1.54) is 16.6 Å². The third-order valence-corrected chi connectivity index (χ3v) is 2.20. The SMILES string of the molecule is C[C@H](N)c1ccc2[nH]n(C)c2c1.[HH].[HH]. The van der Waals surface area contributed by atoms with Crippen molar-refractivity contribution in [2.75, 3.05) is 0 Å². The van der Waals surface area contributed by atoms with Gasteiger partial charge in [-0.2, -0.15) is 0 Å². The standard InChI is InChI=1S/C9H13N3.2H2/c1-6(10)7-3-4-8-9(5-7)12(2)11-8;;/h3-6,11H,10H2,1-2H3;2*1H/t6-;;/m0../s1. The fraction of sp³-hybridized carbons (Fsp3) is 0.333. The molecule has 3 nitrogen and oxygen atoms in total. The summed E-state index contributed by atoms with van der Waals surface area (Å²) in [6.07, 6.45) is 0. The van der Waals surface area contributed by atoms with Crippen LogP contribution in [0.1, 0.15) is 21.4 Å². The second kappa shape index (κ2) is 2.38. The van der Waals surface area contributed by atoms with Gasteiger partial charge in [-0.25, -0.2) is 0 Å². The number of hydrogen-bond donors (Lipinski definition) is 2. The van der Waals surface area contributed by atoms with E-state index in [9.17, 15) is 0 Å². The van der Waals surface area contributed by atoms with Gasteiger partial charge in [0, 0.05) is 15.9 Å². The molecule has 68 valence electrons. The average Bonchev–Trinajstić information content (AvgIpc) is 2.02. The first-order valence-corrected chi connectivity index (χ1v) is 4.08. The van der Waals surface area contributed by atoms with Gasteiger partial charge in [0.1, 0.15) is 0 Å². The zero-order chi connectivity index (χ0) is 8.72. The maximum absolute atomic E-state index is 5.76. The van der Waals surface area contributed by atoms with Crippen LogP contribution in [0, 0.1) is 0 Å². The monoisotopic (exact) mass is 167 g/mol. The molecule has 1 aromatic carbocycles. The minimum Gasteiger partial charge on any atom is -0.324 e. The summed E-state index contributed by atoms with van der Waals surface area (Å²) in [6.45, 7) is 1.99. The summed E-state index contributed by atoms with van der Waals surface area (Å²) < 4.78 is 1.99. The molecule has 2 rings (SSSR count). The Kier molecular flexibility index (Phi) is 1.48. The molecule has 12 heavy (non-hydrogen) atoms. The van der Waals surface area contributed by atoms with Gasteiger partial charge in [0.05, 0.1) is 11.0 Å². The number of rotatable bonds is 1. The fourth-order valence-corrected chi connectivity index (χ4v) is 1.39. The van der Waals surface area contributed by atoms with E-state index in [0.717, 1.165) is 0 Å². The van der Waals surface area contributed by atoms with Crippen LogP contribution in [0.2, 0.25) is 0 Å². The second-order valence-electron chi connectivity index (χ2n) is 3.24. The number of fused-ring (bicyclic) bond motifs is 1. The number of aromatic nitrogens is 2. The van der Waals surface area contributed by atoms with Crippen molar-refractivity contribution in [3.8, 4) is 0 Å².